The molecule has 1 aromatic rings. The van der Waals surface area contributed by atoms with E-state index in [0.717, 1.165) is 27.1 Å². The molecular weight excluding hydrogens is 271 g/mol. The fourth-order valence-corrected chi connectivity index (χ4v) is 3.16. The summed E-state index contributed by atoms with van der Waals surface area (Å²) in [7, 11) is 0. The molecule has 0 bridgehead atoms. The van der Waals surface area contributed by atoms with Crippen LogP contribution in [-0.4, -0.2) is 11.6 Å². The molecule has 0 saturated carbocycles. The third-order valence-corrected chi connectivity index (χ3v) is 4.51. The molecule has 1 aromatic carbocycles. The monoisotopic (exact) mass is 282 g/mol. The minimum absolute atomic E-state index is 0.526. The molecule has 0 heterocycles. The van der Waals surface area contributed by atoms with Crippen LogP contribution in [0.2, 0.25) is 10.0 Å². The first-order valence-electron chi connectivity index (χ1n) is 4.71. The Morgan fingerprint density at radius 3 is 2.40 bits per heavy atom. The molecule has 0 nitrogen and oxygen atoms in total. The quantitative estimate of drug-likeness (QED) is 0.677. The number of thioether (sulfide) groups is 1. The minimum Gasteiger partial charge on any atom is -0.157 e. The Morgan fingerprint density at radius 2 is 1.87 bits per heavy atom. The lowest BCUT2D eigenvalue weighted by Gasteiger charge is -2.09. The van der Waals surface area contributed by atoms with E-state index in [9.17, 15) is 0 Å². The Morgan fingerprint density at radius 1 is 1.27 bits per heavy atom. The van der Waals surface area contributed by atoms with Crippen molar-refractivity contribution >= 4 is 46.6 Å². The van der Waals surface area contributed by atoms with E-state index in [1.807, 2.05) is 30.0 Å². The van der Waals surface area contributed by atoms with Gasteiger partial charge in [0.2, 0.25) is 0 Å². The van der Waals surface area contributed by atoms with E-state index in [1.165, 1.54) is 0 Å². The Hall–Kier alpha value is 0.440. The molecular formula is C11H13Cl3S. The number of halogens is 3. The van der Waals surface area contributed by atoms with Crippen molar-refractivity contribution in [3.05, 3.63) is 33.8 Å². The summed E-state index contributed by atoms with van der Waals surface area (Å²) in [4.78, 5) is 0. The summed E-state index contributed by atoms with van der Waals surface area (Å²) in [6, 6.07) is 5.60. The van der Waals surface area contributed by atoms with Gasteiger partial charge < -0.3 is 0 Å². The summed E-state index contributed by atoms with van der Waals surface area (Å²) in [5, 5.41) is 1.49. The number of hydrogen-bond donors (Lipinski definition) is 0. The second-order valence-electron chi connectivity index (χ2n) is 3.47. The van der Waals surface area contributed by atoms with E-state index in [4.69, 9.17) is 34.8 Å². The molecule has 0 aliphatic carbocycles. The van der Waals surface area contributed by atoms with Crippen LogP contribution >= 0.6 is 46.6 Å². The van der Waals surface area contributed by atoms with Gasteiger partial charge in [0.05, 0.1) is 0 Å². The zero-order valence-corrected chi connectivity index (χ0v) is 11.6. The first kappa shape index (κ1) is 13.5. The fourth-order valence-electron chi connectivity index (χ4n) is 1.08. The molecule has 0 fully saturated rings. The largest absolute Gasteiger partial charge is 0.157 e. The summed E-state index contributed by atoms with van der Waals surface area (Å²) in [5.41, 5.74) is 1.02. The number of benzene rings is 1. The van der Waals surface area contributed by atoms with Crippen molar-refractivity contribution in [1.82, 2.24) is 0 Å². The van der Waals surface area contributed by atoms with Crippen molar-refractivity contribution in [3.8, 4) is 0 Å². The van der Waals surface area contributed by atoms with Crippen molar-refractivity contribution < 1.29 is 0 Å². The van der Waals surface area contributed by atoms with Crippen LogP contribution in [0, 0.1) is 5.92 Å². The lowest BCUT2D eigenvalue weighted by molar-refractivity contribution is 0.759. The standard InChI is InChI=1S/C11H13Cl3S/c1-8(5-12)6-15-7-9-10(13)3-2-4-11(9)14/h2-4,8H,5-7H2,1H3. The van der Waals surface area contributed by atoms with Crippen LogP contribution in [0.5, 0.6) is 0 Å². The summed E-state index contributed by atoms with van der Waals surface area (Å²) in [6.45, 7) is 2.13. The topological polar surface area (TPSA) is 0 Å². The molecule has 1 atom stereocenters. The average molecular weight is 284 g/mol. The zero-order valence-electron chi connectivity index (χ0n) is 8.47. The number of rotatable bonds is 5. The molecule has 0 aliphatic heterocycles. The van der Waals surface area contributed by atoms with Crippen LogP contribution in [0.1, 0.15) is 12.5 Å². The molecule has 0 amide bonds. The van der Waals surface area contributed by atoms with Gasteiger partial charge in [0.15, 0.2) is 0 Å². The highest BCUT2D eigenvalue weighted by molar-refractivity contribution is 7.98. The third kappa shape index (κ3) is 4.44. The molecule has 0 radical (unpaired) electrons. The normalized spacial score (nSPS) is 12.8. The van der Waals surface area contributed by atoms with E-state index in [1.54, 1.807) is 0 Å². The smallest absolute Gasteiger partial charge is 0.0461 e. The van der Waals surface area contributed by atoms with E-state index >= 15 is 0 Å². The number of hydrogen-bond acceptors (Lipinski definition) is 1. The van der Waals surface area contributed by atoms with Gasteiger partial charge in [0.25, 0.3) is 0 Å². The molecule has 1 rings (SSSR count). The molecule has 15 heavy (non-hydrogen) atoms. The van der Waals surface area contributed by atoms with E-state index in [-0.39, 0.29) is 0 Å². The van der Waals surface area contributed by atoms with E-state index in [2.05, 4.69) is 6.92 Å². The van der Waals surface area contributed by atoms with E-state index < -0.39 is 0 Å². The van der Waals surface area contributed by atoms with Gasteiger partial charge in [-0.05, 0) is 29.4 Å². The van der Waals surface area contributed by atoms with Crippen LogP contribution in [0.4, 0.5) is 0 Å². The number of alkyl halides is 1. The fraction of sp³-hybridized carbons (Fsp3) is 0.455. The predicted octanol–water partition coefficient (Wildman–Crippen LogP) is 5.10. The Balaban J connectivity index is 2.50. The summed E-state index contributed by atoms with van der Waals surface area (Å²) in [5.74, 6) is 3.10. The summed E-state index contributed by atoms with van der Waals surface area (Å²) in [6.07, 6.45) is 0. The predicted molar refractivity (Wildman–Crippen MR) is 72.5 cm³/mol. The van der Waals surface area contributed by atoms with Crippen LogP contribution in [0.15, 0.2) is 18.2 Å². The summed E-state index contributed by atoms with van der Waals surface area (Å²) >= 11 is 19.7. The van der Waals surface area contributed by atoms with Crippen molar-refractivity contribution in [2.24, 2.45) is 5.92 Å². The average Bonchev–Trinajstić information content (AvgIpc) is 2.22. The second kappa shape index (κ2) is 6.90. The first-order valence-corrected chi connectivity index (χ1v) is 7.16. The van der Waals surface area contributed by atoms with Crippen molar-refractivity contribution in [3.63, 3.8) is 0 Å². The highest BCUT2D eigenvalue weighted by atomic mass is 35.5. The van der Waals surface area contributed by atoms with Crippen molar-refractivity contribution in [1.29, 1.82) is 0 Å². The molecule has 1 unspecified atom stereocenters. The lowest BCUT2D eigenvalue weighted by Crippen LogP contribution is -1.99. The molecule has 0 aliphatic rings. The molecule has 0 saturated heterocycles. The molecule has 0 aromatic heterocycles. The van der Waals surface area contributed by atoms with Crippen LogP contribution in [0.3, 0.4) is 0 Å². The highest BCUT2D eigenvalue weighted by Gasteiger charge is 2.06. The van der Waals surface area contributed by atoms with Gasteiger partial charge in [-0.1, -0.05) is 36.2 Å². The SMILES string of the molecule is CC(CCl)CSCc1c(Cl)cccc1Cl. The molecule has 0 N–H and O–H groups in total. The molecule has 0 spiro atoms. The van der Waals surface area contributed by atoms with Gasteiger partial charge in [-0.15, -0.1) is 11.6 Å². The maximum absolute atomic E-state index is 6.05. The van der Waals surface area contributed by atoms with Gasteiger partial charge >= 0.3 is 0 Å². The van der Waals surface area contributed by atoms with Gasteiger partial charge in [-0.2, -0.15) is 11.8 Å². The minimum atomic E-state index is 0.526. The Bertz CT molecular complexity index is 294. The molecule has 4 heteroatoms. The van der Waals surface area contributed by atoms with Gasteiger partial charge in [-0.3, -0.25) is 0 Å². The van der Waals surface area contributed by atoms with Crippen molar-refractivity contribution in [2.75, 3.05) is 11.6 Å². The Kier molecular flexibility index (Phi) is 6.21. The van der Waals surface area contributed by atoms with Crippen LogP contribution in [0.25, 0.3) is 0 Å². The van der Waals surface area contributed by atoms with Crippen LogP contribution < -0.4 is 0 Å². The maximum atomic E-state index is 6.05. The third-order valence-electron chi connectivity index (χ3n) is 1.97. The van der Waals surface area contributed by atoms with Crippen molar-refractivity contribution in [2.45, 2.75) is 12.7 Å². The molecule has 84 valence electrons. The van der Waals surface area contributed by atoms with E-state index in [0.29, 0.717) is 11.8 Å². The lowest BCUT2D eigenvalue weighted by atomic mass is 10.2. The maximum Gasteiger partial charge on any atom is 0.0461 e. The van der Waals surface area contributed by atoms with Crippen LogP contribution in [-0.2, 0) is 5.75 Å². The highest BCUT2D eigenvalue weighted by Crippen LogP contribution is 2.28. The van der Waals surface area contributed by atoms with Gasteiger partial charge in [0, 0.05) is 21.7 Å². The first-order chi connectivity index (χ1) is 7.15. The van der Waals surface area contributed by atoms with Gasteiger partial charge in [-0.25, -0.2) is 0 Å². The van der Waals surface area contributed by atoms with Gasteiger partial charge in [0.1, 0.15) is 0 Å². The zero-order chi connectivity index (χ0) is 11.3. The second-order valence-corrected chi connectivity index (χ2v) is 5.63. The summed E-state index contributed by atoms with van der Waals surface area (Å²) < 4.78 is 0. The Labute approximate surface area is 110 Å².